The molecule has 3 rings (SSSR count). The van der Waals surface area contributed by atoms with Gasteiger partial charge in [-0.2, -0.15) is 26.3 Å². The lowest BCUT2D eigenvalue weighted by atomic mass is 10.0. The molecule has 1 aromatic heterocycles. The summed E-state index contributed by atoms with van der Waals surface area (Å²) in [6.45, 7) is -0.679. The van der Waals surface area contributed by atoms with Crippen molar-refractivity contribution in [3.8, 4) is 11.1 Å². The number of carboxylic acid groups (broad SMARTS) is 1. The Labute approximate surface area is 213 Å². The van der Waals surface area contributed by atoms with Crippen LogP contribution >= 0.6 is 35.3 Å². The van der Waals surface area contributed by atoms with Crippen molar-refractivity contribution in [3.63, 3.8) is 0 Å². The fraction of sp³-hybridized carbons (Fsp3) is 0.238. The van der Waals surface area contributed by atoms with Crippen LogP contribution in [0.2, 0.25) is 0 Å². The van der Waals surface area contributed by atoms with Crippen LogP contribution in [0.1, 0.15) is 22.4 Å². The number of rotatable bonds is 7. The van der Waals surface area contributed by atoms with E-state index in [0.717, 1.165) is 28.0 Å². The first-order chi connectivity index (χ1) is 16.6. The van der Waals surface area contributed by atoms with Crippen LogP contribution in [-0.4, -0.2) is 45.2 Å². The second-order valence-electron chi connectivity index (χ2n) is 7.29. The van der Waals surface area contributed by atoms with E-state index in [9.17, 15) is 40.7 Å². The van der Waals surface area contributed by atoms with Gasteiger partial charge in [0.05, 0.1) is 16.0 Å². The smallest absolute Gasteiger partial charge is 0.416 e. The number of halogens is 6. The van der Waals surface area contributed by atoms with E-state index in [0.29, 0.717) is 17.0 Å². The first kappa shape index (κ1) is 27.7. The highest BCUT2D eigenvalue weighted by Crippen LogP contribution is 2.40. The van der Waals surface area contributed by atoms with Gasteiger partial charge in [0.2, 0.25) is 5.91 Å². The number of nitrogens with zero attached hydrogens (tertiary/aromatic N) is 1. The zero-order valence-corrected chi connectivity index (χ0v) is 20.1. The number of thiophene rings is 1. The summed E-state index contributed by atoms with van der Waals surface area (Å²) in [5, 5.41) is 12.1. The lowest BCUT2D eigenvalue weighted by Crippen LogP contribution is -2.35. The zero-order valence-electron chi connectivity index (χ0n) is 17.7. The molecule has 192 valence electrons. The first-order valence-corrected chi connectivity index (χ1v) is 11.9. The van der Waals surface area contributed by atoms with E-state index in [2.05, 4.69) is 5.32 Å². The molecule has 1 fully saturated rings. The fourth-order valence-corrected chi connectivity index (χ4v) is 5.22. The van der Waals surface area contributed by atoms with Gasteiger partial charge in [0.25, 0.3) is 5.91 Å². The Kier molecular flexibility index (Phi) is 8.15. The molecule has 2 amide bonds. The van der Waals surface area contributed by atoms with E-state index < -0.39 is 47.8 Å². The van der Waals surface area contributed by atoms with Crippen molar-refractivity contribution in [1.29, 1.82) is 0 Å². The largest absolute Gasteiger partial charge is 0.480 e. The number of alkyl halides is 6. The Balaban J connectivity index is 1.79. The molecule has 0 saturated carbocycles. The van der Waals surface area contributed by atoms with Crippen LogP contribution in [0.5, 0.6) is 0 Å². The quantitative estimate of drug-likeness (QED) is 0.270. The van der Waals surface area contributed by atoms with Gasteiger partial charge < -0.3 is 10.4 Å². The lowest BCUT2D eigenvalue weighted by Gasteiger charge is -2.13. The molecule has 2 N–H and O–H groups in total. The van der Waals surface area contributed by atoms with Gasteiger partial charge in [-0.05, 0) is 46.8 Å². The van der Waals surface area contributed by atoms with Crippen LogP contribution in [0.4, 0.5) is 26.3 Å². The number of hydrogen-bond donors (Lipinski definition) is 2. The number of nitrogens with one attached hydrogen (secondary N) is 1. The van der Waals surface area contributed by atoms with Crippen LogP contribution in [0.3, 0.4) is 0 Å². The van der Waals surface area contributed by atoms with Gasteiger partial charge in [-0.25, -0.2) is 0 Å². The Morgan fingerprint density at radius 1 is 1.03 bits per heavy atom. The summed E-state index contributed by atoms with van der Waals surface area (Å²) in [5.41, 5.74) is -3.05. The Hall–Kier alpha value is -2.91. The molecule has 1 aliphatic rings. The van der Waals surface area contributed by atoms with Crippen LogP contribution in [-0.2, 0) is 26.7 Å². The zero-order chi connectivity index (χ0) is 26.8. The summed E-state index contributed by atoms with van der Waals surface area (Å²) in [5.74, 6) is -2.37. The highest BCUT2D eigenvalue weighted by Gasteiger charge is 2.37. The Morgan fingerprint density at radius 3 is 2.19 bits per heavy atom. The maximum absolute atomic E-state index is 13.2. The third kappa shape index (κ3) is 6.85. The van der Waals surface area contributed by atoms with Crippen LogP contribution in [0.25, 0.3) is 17.2 Å². The molecule has 2 aromatic rings. The van der Waals surface area contributed by atoms with E-state index in [1.54, 1.807) is 0 Å². The SMILES string of the molecule is O=C(O)CNC(=O)CCN1C(=O)C(=Cc2cc(-c3cc(C(F)(F)F)cc(C(F)(F)F)c3)cs2)SC1=S. The van der Waals surface area contributed by atoms with Crippen molar-refractivity contribution in [2.75, 3.05) is 13.1 Å². The molecule has 0 atom stereocenters. The molecule has 0 unspecified atom stereocenters. The summed E-state index contributed by atoms with van der Waals surface area (Å²) in [7, 11) is 0. The van der Waals surface area contributed by atoms with Crippen LogP contribution in [0.15, 0.2) is 34.6 Å². The second-order valence-corrected chi connectivity index (χ2v) is 9.90. The molecule has 0 bridgehead atoms. The molecule has 0 spiro atoms. The predicted octanol–water partition coefficient (Wildman–Crippen LogP) is 5.24. The summed E-state index contributed by atoms with van der Waals surface area (Å²) in [4.78, 5) is 36.5. The molecule has 36 heavy (non-hydrogen) atoms. The number of carbonyl (C=O) groups is 3. The third-order valence-corrected chi connectivity index (χ3v) is 6.94. The van der Waals surface area contributed by atoms with E-state index in [1.807, 2.05) is 0 Å². The topological polar surface area (TPSA) is 86.7 Å². The molecule has 1 saturated heterocycles. The van der Waals surface area contributed by atoms with Gasteiger partial charge in [0, 0.05) is 17.8 Å². The lowest BCUT2D eigenvalue weighted by molar-refractivity contribution is -0.143. The summed E-state index contributed by atoms with van der Waals surface area (Å²) in [6, 6.07) is 2.64. The van der Waals surface area contributed by atoms with Gasteiger partial charge in [0.1, 0.15) is 10.9 Å². The third-order valence-electron chi connectivity index (χ3n) is 4.69. The van der Waals surface area contributed by atoms with Gasteiger partial charge >= 0.3 is 18.3 Å². The fourth-order valence-electron chi connectivity index (χ4n) is 3.00. The normalized spacial score (nSPS) is 15.6. The summed E-state index contributed by atoms with van der Waals surface area (Å²) in [6.07, 6.45) is -8.76. The van der Waals surface area contributed by atoms with Crippen molar-refractivity contribution >= 4 is 63.5 Å². The minimum Gasteiger partial charge on any atom is -0.480 e. The van der Waals surface area contributed by atoms with Crippen molar-refractivity contribution in [1.82, 2.24) is 10.2 Å². The van der Waals surface area contributed by atoms with Crippen molar-refractivity contribution in [3.05, 3.63) is 50.6 Å². The Bertz CT molecular complexity index is 1220. The maximum atomic E-state index is 13.2. The molecule has 0 aliphatic carbocycles. The highest BCUT2D eigenvalue weighted by atomic mass is 32.2. The van der Waals surface area contributed by atoms with E-state index in [4.69, 9.17) is 17.3 Å². The average Bonchev–Trinajstić information content (AvgIpc) is 3.34. The number of carbonyl (C=O) groups excluding carboxylic acids is 2. The molecule has 15 heteroatoms. The molecule has 0 radical (unpaired) electrons. The van der Waals surface area contributed by atoms with Gasteiger partial charge in [0.15, 0.2) is 0 Å². The maximum Gasteiger partial charge on any atom is 0.416 e. The number of aliphatic carboxylic acids is 1. The van der Waals surface area contributed by atoms with Gasteiger partial charge in [-0.1, -0.05) is 24.0 Å². The summed E-state index contributed by atoms with van der Waals surface area (Å²) >= 11 is 7.06. The standard InChI is InChI=1S/C21H14F6N2O4S3/c22-20(23,24)12-3-10(4-13(6-12)21(25,26)27)11-5-14(35-9-11)7-15-18(33)29(19(34)36-15)2-1-16(30)28-8-17(31)32/h3-7,9H,1-2,8H2,(H,28,30)(H,31,32). The predicted molar refractivity (Wildman–Crippen MR) is 125 cm³/mol. The van der Waals surface area contributed by atoms with E-state index in [1.165, 1.54) is 17.5 Å². The number of hydrogen-bond acceptors (Lipinski definition) is 6. The average molecular weight is 569 g/mol. The van der Waals surface area contributed by atoms with Crippen molar-refractivity contribution in [2.45, 2.75) is 18.8 Å². The number of amides is 2. The highest BCUT2D eigenvalue weighted by molar-refractivity contribution is 8.26. The van der Waals surface area contributed by atoms with Crippen molar-refractivity contribution < 1.29 is 45.8 Å². The second kappa shape index (κ2) is 10.6. The Morgan fingerprint density at radius 2 is 1.64 bits per heavy atom. The number of thioether (sulfide) groups is 1. The number of thiocarbonyl (C=S) groups is 1. The molecule has 6 nitrogen and oxygen atoms in total. The van der Waals surface area contributed by atoms with E-state index >= 15 is 0 Å². The number of benzene rings is 1. The molecule has 1 aliphatic heterocycles. The van der Waals surface area contributed by atoms with Crippen LogP contribution in [0, 0.1) is 0 Å². The summed E-state index contributed by atoms with van der Waals surface area (Å²) < 4.78 is 79.1. The van der Waals surface area contributed by atoms with Crippen LogP contribution < -0.4 is 5.32 Å². The number of carboxylic acids is 1. The minimum absolute atomic E-state index is 0.0457. The van der Waals surface area contributed by atoms with Gasteiger partial charge in [-0.15, -0.1) is 11.3 Å². The molecule has 2 heterocycles. The van der Waals surface area contributed by atoms with Crippen molar-refractivity contribution in [2.24, 2.45) is 0 Å². The first-order valence-electron chi connectivity index (χ1n) is 9.77. The molecule has 1 aromatic carbocycles. The minimum atomic E-state index is -4.98. The molecular formula is C21H14F6N2O4S3. The van der Waals surface area contributed by atoms with Gasteiger partial charge in [-0.3, -0.25) is 19.3 Å². The van der Waals surface area contributed by atoms with E-state index in [-0.39, 0.29) is 39.4 Å². The molecular weight excluding hydrogens is 554 g/mol. The monoisotopic (exact) mass is 568 g/mol.